The molecule has 0 aromatic rings. The number of hydrogen-bond donors (Lipinski definition) is 3. The molecule has 0 radical (unpaired) electrons. The van der Waals surface area contributed by atoms with Crippen LogP contribution < -0.4 is 0 Å². The smallest absolute Gasteiger partial charge is 0.287 e. The summed E-state index contributed by atoms with van der Waals surface area (Å²) in [6, 6.07) is 0. The number of hydrogen-bond acceptors (Lipinski definition) is 4. The van der Waals surface area contributed by atoms with Crippen LogP contribution in [0.4, 0.5) is 0 Å². The molecule has 0 saturated carbocycles. The molecule has 0 aromatic carbocycles. The van der Waals surface area contributed by atoms with Crippen molar-refractivity contribution in [1.29, 1.82) is 0 Å². The van der Waals surface area contributed by atoms with Crippen LogP contribution in [0.15, 0.2) is 0 Å². The van der Waals surface area contributed by atoms with Crippen molar-refractivity contribution in [3.8, 4) is 0 Å². The molecule has 0 fully saturated rings. The van der Waals surface area contributed by atoms with E-state index in [4.69, 9.17) is 26.4 Å². The van der Waals surface area contributed by atoms with Crippen LogP contribution in [0.1, 0.15) is 6.92 Å². The SMILES string of the molecule is CC(O)(O)C(Cl)S(=O)(=O)O. The number of alkyl halides is 1. The molecule has 0 aromatic heterocycles. The molecule has 0 saturated heterocycles. The van der Waals surface area contributed by atoms with E-state index in [1.165, 1.54) is 0 Å². The first-order valence-electron chi connectivity index (χ1n) is 2.21. The lowest BCUT2D eigenvalue weighted by molar-refractivity contribution is -0.132. The van der Waals surface area contributed by atoms with Gasteiger partial charge in [0, 0.05) is 0 Å². The Morgan fingerprint density at radius 3 is 1.80 bits per heavy atom. The minimum absolute atomic E-state index is 0.748. The normalized spacial score (nSPS) is 16.9. The highest BCUT2D eigenvalue weighted by molar-refractivity contribution is 7.87. The zero-order valence-electron chi connectivity index (χ0n) is 5.02. The number of rotatable bonds is 2. The molecule has 0 spiro atoms. The van der Waals surface area contributed by atoms with E-state index in [0.29, 0.717) is 0 Å². The standard InChI is InChI=1S/C3H7ClO5S/c1-3(5,6)2(4)10(7,8)9/h2,5-6H,1H3,(H,7,8,9). The van der Waals surface area contributed by atoms with E-state index in [1.807, 2.05) is 0 Å². The Labute approximate surface area is 63.0 Å². The van der Waals surface area contributed by atoms with Gasteiger partial charge < -0.3 is 10.2 Å². The molecule has 62 valence electrons. The van der Waals surface area contributed by atoms with Gasteiger partial charge in [-0.05, 0) is 6.92 Å². The van der Waals surface area contributed by atoms with Crippen molar-refractivity contribution >= 4 is 21.7 Å². The van der Waals surface area contributed by atoms with Crippen molar-refractivity contribution in [2.24, 2.45) is 0 Å². The molecule has 0 heterocycles. The number of halogens is 1. The zero-order chi connectivity index (χ0) is 8.58. The fourth-order valence-corrected chi connectivity index (χ4v) is 0.846. The minimum atomic E-state index is -4.60. The second-order valence-electron chi connectivity index (χ2n) is 1.93. The van der Waals surface area contributed by atoms with Gasteiger partial charge in [0.2, 0.25) is 4.71 Å². The second kappa shape index (κ2) is 2.63. The molecule has 3 N–H and O–H groups in total. The molecule has 0 bridgehead atoms. The Morgan fingerprint density at radius 2 is 1.80 bits per heavy atom. The molecule has 1 atom stereocenters. The van der Waals surface area contributed by atoms with Gasteiger partial charge in [-0.1, -0.05) is 11.6 Å². The lowest BCUT2D eigenvalue weighted by Crippen LogP contribution is -2.40. The van der Waals surface area contributed by atoms with Gasteiger partial charge in [-0.15, -0.1) is 0 Å². The first-order valence-corrected chi connectivity index (χ1v) is 4.15. The Kier molecular flexibility index (Phi) is 2.66. The quantitative estimate of drug-likeness (QED) is 0.299. The van der Waals surface area contributed by atoms with E-state index in [0.717, 1.165) is 6.92 Å². The van der Waals surface area contributed by atoms with Crippen LogP contribution in [-0.4, -0.2) is 33.7 Å². The third kappa shape index (κ3) is 2.80. The van der Waals surface area contributed by atoms with Crippen LogP contribution in [-0.2, 0) is 10.1 Å². The lowest BCUT2D eigenvalue weighted by atomic mass is 10.4. The molecule has 0 aliphatic carbocycles. The van der Waals surface area contributed by atoms with Crippen LogP contribution >= 0.6 is 11.6 Å². The highest BCUT2D eigenvalue weighted by Gasteiger charge is 2.37. The van der Waals surface area contributed by atoms with Crippen LogP contribution in [0.5, 0.6) is 0 Å². The maximum absolute atomic E-state index is 10.1. The van der Waals surface area contributed by atoms with Gasteiger partial charge in [0.25, 0.3) is 10.1 Å². The van der Waals surface area contributed by atoms with Gasteiger partial charge in [-0.25, -0.2) is 0 Å². The fourth-order valence-electron chi connectivity index (χ4n) is 0.282. The largest absolute Gasteiger partial charge is 0.364 e. The van der Waals surface area contributed by atoms with E-state index >= 15 is 0 Å². The third-order valence-electron chi connectivity index (χ3n) is 0.691. The van der Waals surface area contributed by atoms with Crippen LogP contribution in [0, 0.1) is 0 Å². The summed E-state index contributed by atoms with van der Waals surface area (Å²) in [4.78, 5) is 0. The van der Waals surface area contributed by atoms with Gasteiger partial charge in [-0.2, -0.15) is 8.42 Å². The Bertz CT molecular complexity index is 201. The van der Waals surface area contributed by atoms with Gasteiger partial charge in [0.15, 0.2) is 5.79 Å². The van der Waals surface area contributed by atoms with Crippen molar-refractivity contribution < 1.29 is 23.2 Å². The monoisotopic (exact) mass is 190 g/mol. The summed E-state index contributed by atoms with van der Waals surface area (Å²) in [5.74, 6) is -2.63. The van der Waals surface area contributed by atoms with E-state index in [2.05, 4.69) is 0 Å². The predicted molar refractivity (Wildman–Crippen MR) is 34.0 cm³/mol. The summed E-state index contributed by atoms with van der Waals surface area (Å²) in [5, 5.41) is 17.0. The molecular weight excluding hydrogens is 184 g/mol. The predicted octanol–water partition coefficient (Wildman–Crippen LogP) is -0.860. The molecular formula is C3H7ClO5S. The highest BCUT2D eigenvalue weighted by Crippen LogP contribution is 2.17. The van der Waals surface area contributed by atoms with Crippen molar-refractivity contribution in [2.45, 2.75) is 17.4 Å². The molecule has 1 unspecified atom stereocenters. The summed E-state index contributed by atoms with van der Waals surface area (Å²) in [5.41, 5.74) is 0. The molecule has 5 nitrogen and oxygen atoms in total. The molecule has 0 amide bonds. The topological polar surface area (TPSA) is 94.8 Å². The average Bonchev–Trinajstić information content (AvgIpc) is 1.59. The van der Waals surface area contributed by atoms with Gasteiger partial charge in [0.1, 0.15) is 0 Å². The van der Waals surface area contributed by atoms with Crippen LogP contribution in [0.25, 0.3) is 0 Å². The molecule has 0 rings (SSSR count). The molecule has 0 aliphatic rings. The molecule has 0 aliphatic heterocycles. The van der Waals surface area contributed by atoms with Crippen LogP contribution in [0.2, 0.25) is 0 Å². The Hall–Kier alpha value is 0.120. The Morgan fingerprint density at radius 1 is 1.50 bits per heavy atom. The van der Waals surface area contributed by atoms with Crippen molar-refractivity contribution in [2.75, 3.05) is 0 Å². The fraction of sp³-hybridized carbons (Fsp3) is 1.00. The summed E-state index contributed by atoms with van der Waals surface area (Å²) < 4.78 is 26.2. The summed E-state index contributed by atoms with van der Waals surface area (Å²) in [6.45, 7) is 0.748. The van der Waals surface area contributed by atoms with Gasteiger partial charge >= 0.3 is 0 Å². The van der Waals surface area contributed by atoms with Crippen LogP contribution in [0.3, 0.4) is 0 Å². The number of aliphatic hydroxyl groups is 2. The van der Waals surface area contributed by atoms with E-state index < -0.39 is 20.6 Å². The maximum atomic E-state index is 10.1. The molecule has 10 heavy (non-hydrogen) atoms. The summed E-state index contributed by atoms with van der Waals surface area (Å²) >= 11 is 4.90. The summed E-state index contributed by atoms with van der Waals surface area (Å²) in [6.07, 6.45) is 0. The Balaban J connectivity index is 4.56. The second-order valence-corrected chi connectivity index (χ2v) is 4.12. The maximum Gasteiger partial charge on any atom is 0.287 e. The van der Waals surface area contributed by atoms with Crippen molar-refractivity contribution in [1.82, 2.24) is 0 Å². The van der Waals surface area contributed by atoms with Gasteiger partial charge in [-0.3, -0.25) is 4.55 Å². The lowest BCUT2D eigenvalue weighted by Gasteiger charge is -2.18. The minimum Gasteiger partial charge on any atom is -0.364 e. The summed E-state index contributed by atoms with van der Waals surface area (Å²) in [7, 11) is -4.60. The van der Waals surface area contributed by atoms with Crippen molar-refractivity contribution in [3.63, 3.8) is 0 Å². The highest BCUT2D eigenvalue weighted by atomic mass is 35.5. The average molecular weight is 191 g/mol. The molecule has 7 heteroatoms. The first-order chi connectivity index (χ1) is 4.15. The zero-order valence-corrected chi connectivity index (χ0v) is 6.59. The third-order valence-corrected chi connectivity index (χ3v) is 2.75. The van der Waals surface area contributed by atoms with Gasteiger partial charge in [0.05, 0.1) is 0 Å². The van der Waals surface area contributed by atoms with E-state index in [1.54, 1.807) is 0 Å². The van der Waals surface area contributed by atoms with E-state index in [9.17, 15) is 8.42 Å². The van der Waals surface area contributed by atoms with E-state index in [-0.39, 0.29) is 0 Å². The first kappa shape index (κ1) is 10.1. The van der Waals surface area contributed by atoms with Crippen molar-refractivity contribution in [3.05, 3.63) is 0 Å².